The summed E-state index contributed by atoms with van der Waals surface area (Å²) in [5, 5.41) is 0. The van der Waals surface area contributed by atoms with Crippen molar-refractivity contribution in [3.63, 3.8) is 0 Å². The molecule has 0 aliphatic carbocycles. The van der Waals surface area contributed by atoms with Crippen molar-refractivity contribution in [3.05, 3.63) is 18.2 Å². The van der Waals surface area contributed by atoms with E-state index >= 15 is 0 Å². The van der Waals surface area contributed by atoms with Crippen molar-refractivity contribution < 1.29 is 0 Å². The van der Waals surface area contributed by atoms with E-state index in [1.807, 2.05) is 17.8 Å². The highest BCUT2D eigenvalue weighted by molar-refractivity contribution is 5.08. The zero-order valence-corrected chi connectivity index (χ0v) is 6.54. The molecule has 0 spiro atoms. The van der Waals surface area contributed by atoms with Gasteiger partial charge in [-0.3, -0.25) is 0 Å². The van der Waals surface area contributed by atoms with Crippen molar-refractivity contribution in [1.29, 1.82) is 0 Å². The minimum Gasteiger partial charge on any atom is -0.337 e. The van der Waals surface area contributed by atoms with E-state index in [-0.39, 0.29) is 0 Å². The molecule has 0 radical (unpaired) electrons. The fourth-order valence-corrected chi connectivity index (χ4v) is 0.781. The summed E-state index contributed by atoms with van der Waals surface area (Å²) < 4.78 is 1.95. The second-order valence-corrected chi connectivity index (χ2v) is 2.19. The lowest BCUT2D eigenvalue weighted by molar-refractivity contribution is 0.835. The second kappa shape index (κ2) is 3.79. The van der Waals surface area contributed by atoms with Crippen molar-refractivity contribution in [1.82, 2.24) is 9.55 Å². The van der Waals surface area contributed by atoms with Crippen LogP contribution in [-0.4, -0.2) is 16.1 Å². The Hall–Kier alpha value is -1.27. The summed E-state index contributed by atoms with van der Waals surface area (Å²) in [6.07, 6.45) is 4.35. The quantitative estimate of drug-likeness (QED) is 0.568. The van der Waals surface area contributed by atoms with Crippen molar-refractivity contribution in [2.75, 3.05) is 6.54 Å². The summed E-state index contributed by atoms with van der Waals surface area (Å²) in [6, 6.07) is 0. The average Bonchev–Trinajstić information content (AvgIpc) is 2.37. The van der Waals surface area contributed by atoms with Crippen molar-refractivity contribution >= 4 is 0 Å². The third-order valence-electron chi connectivity index (χ3n) is 1.39. The van der Waals surface area contributed by atoms with Crippen LogP contribution in [0.25, 0.3) is 0 Å². The van der Waals surface area contributed by atoms with Crippen molar-refractivity contribution in [2.45, 2.75) is 6.42 Å². The zero-order valence-electron chi connectivity index (χ0n) is 6.54. The van der Waals surface area contributed by atoms with Crippen LogP contribution in [0.2, 0.25) is 0 Å². The van der Waals surface area contributed by atoms with Gasteiger partial charge < -0.3 is 10.3 Å². The molecular formula is C8H11N3. The lowest BCUT2D eigenvalue weighted by Gasteiger charge is -1.93. The predicted octanol–water partition coefficient (Wildman–Crippen LogP) is -0.0753. The van der Waals surface area contributed by atoms with Gasteiger partial charge in [-0.25, -0.2) is 4.98 Å². The fourth-order valence-electron chi connectivity index (χ4n) is 0.781. The lowest BCUT2D eigenvalue weighted by Crippen LogP contribution is -1.97. The third-order valence-corrected chi connectivity index (χ3v) is 1.39. The van der Waals surface area contributed by atoms with Crippen molar-refractivity contribution in [3.8, 4) is 11.8 Å². The Kier molecular flexibility index (Phi) is 2.70. The highest BCUT2D eigenvalue weighted by Crippen LogP contribution is 1.92. The SMILES string of the molecule is Cn1ccnc1CC#CCN. The van der Waals surface area contributed by atoms with E-state index in [0.717, 1.165) is 5.82 Å². The number of rotatable bonds is 1. The van der Waals surface area contributed by atoms with Crippen LogP contribution in [0, 0.1) is 11.8 Å². The van der Waals surface area contributed by atoms with Crippen LogP contribution in [0.4, 0.5) is 0 Å². The molecule has 0 unspecified atom stereocenters. The number of hydrogen-bond acceptors (Lipinski definition) is 2. The standard InChI is InChI=1S/C8H11N3/c1-11-7-6-10-8(11)4-2-3-5-9/h6-7H,4-5,9H2,1H3. The molecule has 0 saturated heterocycles. The molecule has 58 valence electrons. The van der Waals surface area contributed by atoms with Gasteiger partial charge in [-0.05, 0) is 0 Å². The van der Waals surface area contributed by atoms with Crippen LogP contribution in [0.5, 0.6) is 0 Å². The van der Waals surface area contributed by atoms with Gasteiger partial charge in [-0.2, -0.15) is 0 Å². The Morgan fingerprint density at radius 2 is 2.45 bits per heavy atom. The Morgan fingerprint density at radius 3 is 3.00 bits per heavy atom. The first-order chi connectivity index (χ1) is 5.34. The molecule has 0 amide bonds. The first-order valence-electron chi connectivity index (χ1n) is 3.46. The number of nitrogens with zero attached hydrogens (tertiary/aromatic N) is 2. The van der Waals surface area contributed by atoms with E-state index in [2.05, 4.69) is 16.8 Å². The Balaban J connectivity index is 2.57. The normalized spacial score (nSPS) is 8.91. The Labute approximate surface area is 66.2 Å². The molecule has 0 fully saturated rings. The predicted molar refractivity (Wildman–Crippen MR) is 43.7 cm³/mol. The molecule has 3 heteroatoms. The minimum absolute atomic E-state index is 0.421. The van der Waals surface area contributed by atoms with E-state index in [9.17, 15) is 0 Å². The topological polar surface area (TPSA) is 43.8 Å². The van der Waals surface area contributed by atoms with Gasteiger partial charge in [0.1, 0.15) is 5.82 Å². The summed E-state index contributed by atoms with van der Waals surface area (Å²) in [5.41, 5.74) is 5.21. The maximum absolute atomic E-state index is 5.21. The van der Waals surface area contributed by atoms with E-state index < -0.39 is 0 Å². The van der Waals surface area contributed by atoms with Gasteiger partial charge >= 0.3 is 0 Å². The molecule has 2 N–H and O–H groups in total. The molecule has 0 bridgehead atoms. The first kappa shape index (κ1) is 7.83. The fraction of sp³-hybridized carbons (Fsp3) is 0.375. The largest absolute Gasteiger partial charge is 0.337 e. The van der Waals surface area contributed by atoms with E-state index in [4.69, 9.17) is 5.73 Å². The van der Waals surface area contributed by atoms with Gasteiger partial charge in [0.05, 0.1) is 13.0 Å². The maximum atomic E-state index is 5.21. The van der Waals surface area contributed by atoms with Gasteiger partial charge in [0.2, 0.25) is 0 Å². The molecule has 1 heterocycles. The maximum Gasteiger partial charge on any atom is 0.120 e. The van der Waals surface area contributed by atoms with Crippen LogP contribution in [0.1, 0.15) is 5.82 Å². The summed E-state index contributed by atoms with van der Waals surface area (Å²) >= 11 is 0. The van der Waals surface area contributed by atoms with Crippen LogP contribution in [0.15, 0.2) is 12.4 Å². The van der Waals surface area contributed by atoms with Gasteiger partial charge in [0.25, 0.3) is 0 Å². The highest BCUT2D eigenvalue weighted by Gasteiger charge is 1.93. The van der Waals surface area contributed by atoms with Gasteiger partial charge in [0, 0.05) is 19.4 Å². The molecule has 1 rings (SSSR count). The third kappa shape index (κ3) is 2.10. The van der Waals surface area contributed by atoms with Gasteiger partial charge in [0.15, 0.2) is 0 Å². The lowest BCUT2D eigenvalue weighted by atomic mass is 10.4. The van der Waals surface area contributed by atoms with E-state index in [1.165, 1.54) is 0 Å². The summed E-state index contributed by atoms with van der Waals surface area (Å²) in [5.74, 6) is 6.69. The molecular weight excluding hydrogens is 138 g/mol. The van der Waals surface area contributed by atoms with E-state index in [0.29, 0.717) is 13.0 Å². The number of imidazole rings is 1. The number of hydrogen-bond donors (Lipinski definition) is 1. The van der Waals surface area contributed by atoms with Gasteiger partial charge in [-0.1, -0.05) is 11.8 Å². The Bertz CT molecular complexity index is 277. The molecule has 0 aliphatic rings. The molecule has 0 aliphatic heterocycles. The van der Waals surface area contributed by atoms with Gasteiger partial charge in [-0.15, -0.1) is 0 Å². The number of nitrogens with two attached hydrogens (primary N) is 1. The molecule has 0 aromatic carbocycles. The van der Waals surface area contributed by atoms with Crippen LogP contribution in [0.3, 0.4) is 0 Å². The first-order valence-corrected chi connectivity index (χ1v) is 3.46. The number of aromatic nitrogens is 2. The van der Waals surface area contributed by atoms with Crippen LogP contribution >= 0.6 is 0 Å². The second-order valence-electron chi connectivity index (χ2n) is 2.19. The van der Waals surface area contributed by atoms with Crippen molar-refractivity contribution in [2.24, 2.45) is 12.8 Å². The molecule has 1 aromatic rings. The average molecular weight is 149 g/mol. The smallest absolute Gasteiger partial charge is 0.120 e. The molecule has 11 heavy (non-hydrogen) atoms. The molecule has 0 saturated carbocycles. The van der Waals surface area contributed by atoms with Crippen LogP contribution < -0.4 is 5.73 Å². The highest BCUT2D eigenvalue weighted by atomic mass is 15.0. The zero-order chi connectivity index (χ0) is 8.10. The summed E-state index contributed by atoms with van der Waals surface area (Å²) in [6.45, 7) is 0.421. The number of aryl methyl sites for hydroxylation is 1. The molecule has 1 aromatic heterocycles. The monoisotopic (exact) mass is 149 g/mol. The molecule has 0 atom stereocenters. The summed E-state index contributed by atoms with van der Waals surface area (Å²) in [4.78, 5) is 4.11. The van der Waals surface area contributed by atoms with E-state index in [1.54, 1.807) is 6.20 Å². The van der Waals surface area contributed by atoms with Crippen LogP contribution in [-0.2, 0) is 13.5 Å². The summed E-state index contributed by atoms with van der Waals surface area (Å²) in [7, 11) is 1.95. The Morgan fingerprint density at radius 1 is 1.64 bits per heavy atom. The molecule has 3 nitrogen and oxygen atoms in total. The minimum atomic E-state index is 0.421.